The van der Waals surface area contributed by atoms with Gasteiger partial charge in [-0.1, -0.05) is 6.92 Å². The second-order valence-corrected chi connectivity index (χ2v) is 4.78. The second kappa shape index (κ2) is 5.36. The number of hydrogen-bond acceptors (Lipinski definition) is 4. The van der Waals surface area contributed by atoms with Crippen LogP contribution in [0.25, 0.3) is 0 Å². The van der Waals surface area contributed by atoms with Crippen LogP contribution in [0.4, 0.5) is 5.69 Å². The first kappa shape index (κ1) is 14.1. The van der Waals surface area contributed by atoms with Gasteiger partial charge in [-0.05, 0) is 13.3 Å². The lowest BCUT2D eigenvalue weighted by molar-refractivity contribution is 0.0942. The van der Waals surface area contributed by atoms with Gasteiger partial charge in [-0.15, -0.1) is 0 Å². The van der Waals surface area contributed by atoms with Crippen LogP contribution in [-0.4, -0.2) is 25.5 Å². The molecule has 0 bridgehead atoms. The van der Waals surface area contributed by atoms with Crippen molar-refractivity contribution in [3.8, 4) is 0 Å². The molecule has 0 radical (unpaired) electrons. The van der Waals surface area contributed by atoms with Gasteiger partial charge in [0.1, 0.15) is 5.69 Å². The molecule has 0 saturated heterocycles. The number of amides is 1. The maximum atomic E-state index is 12.2. The molecule has 0 aromatic carbocycles. The molecule has 2 heterocycles. The van der Waals surface area contributed by atoms with Gasteiger partial charge >= 0.3 is 0 Å². The van der Waals surface area contributed by atoms with Crippen LogP contribution in [0, 0.1) is 6.92 Å². The van der Waals surface area contributed by atoms with Crippen LogP contribution in [0.3, 0.4) is 0 Å². The van der Waals surface area contributed by atoms with Crippen molar-refractivity contribution in [1.29, 1.82) is 0 Å². The molecule has 0 unspecified atom stereocenters. The Kier molecular flexibility index (Phi) is 3.78. The summed E-state index contributed by atoms with van der Waals surface area (Å²) in [7, 11) is 3.58. The first-order valence-electron chi connectivity index (χ1n) is 6.52. The predicted octanol–water partition coefficient (Wildman–Crippen LogP) is 0.537. The monoisotopic (exact) mass is 276 g/mol. The molecular formula is C13H20N6O. The topological polar surface area (TPSA) is 90.8 Å². The Morgan fingerprint density at radius 1 is 1.40 bits per heavy atom. The molecular weight excluding hydrogens is 256 g/mol. The summed E-state index contributed by atoms with van der Waals surface area (Å²) < 4.78 is 3.26. The Hall–Kier alpha value is -2.31. The molecule has 0 aliphatic heterocycles. The zero-order chi connectivity index (χ0) is 14.9. The minimum Gasteiger partial charge on any atom is -0.395 e. The van der Waals surface area contributed by atoms with E-state index in [1.165, 1.54) is 4.68 Å². The molecule has 0 saturated carbocycles. The number of nitrogens with zero attached hydrogens (tertiary/aromatic N) is 4. The van der Waals surface area contributed by atoms with E-state index in [-0.39, 0.29) is 5.91 Å². The van der Waals surface area contributed by atoms with E-state index in [0.29, 0.717) is 23.6 Å². The summed E-state index contributed by atoms with van der Waals surface area (Å²) in [6.45, 7) is 4.25. The Balaban J connectivity index is 2.12. The normalized spacial score (nSPS) is 10.8. The number of hydrogen-bond donors (Lipinski definition) is 2. The standard InChI is InChI=1S/C13H20N6O/c1-5-10-9(7-18(3)17-10)6-15-13(20)12-11(14)8(2)16-19(12)4/h7H,5-6,14H2,1-4H3,(H,15,20). The number of nitrogen functional groups attached to an aromatic ring is 1. The van der Waals surface area contributed by atoms with Crippen LogP contribution in [0.15, 0.2) is 6.20 Å². The average Bonchev–Trinajstić information content (AvgIpc) is 2.87. The van der Waals surface area contributed by atoms with Gasteiger partial charge in [0.05, 0.1) is 17.1 Å². The molecule has 0 fully saturated rings. The van der Waals surface area contributed by atoms with E-state index >= 15 is 0 Å². The molecule has 20 heavy (non-hydrogen) atoms. The molecule has 2 aromatic rings. The Labute approximate surface area is 117 Å². The maximum absolute atomic E-state index is 12.2. The minimum atomic E-state index is -0.225. The SMILES string of the molecule is CCc1nn(C)cc1CNC(=O)c1c(N)c(C)nn1C. The van der Waals surface area contributed by atoms with E-state index < -0.39 is 0 Å². The van der Waals surface area contributed by atoms with E-state index in [1.807, 2.05) is 20.2 Å². The van der Waals surface area contributed by atoms with Gasteiger partial charge in [0.15, 0.2) is 0 Å². The summed E-state index contributed by atoms with van der Waals surface area (Å²) in [5, 5.41) is 11.3. The van der Waals surface area contributed by atoms with Gasteiger partial charge in [-0.2, -0.15) is 10.2 Å². The lowest BCUT2D eigenvalue weighted by Gasteiger charge is -2.06. The van der Waals surface area contributed by atoms with E-state index in [2.05, 4.69) is 15.5 Å². The summed E-state index contributed by atoms with van der Waals surface area (Å²) in [4.78, 5) is 12.2. The fraction of sp³-hybridized carbons (Fsp3) is 0.462. The number of aryl methyl sites for hydroxylation is 4. The quantitative estimate of drug-likeness (QED) is 0.852. The van der Waals surface area contributed by atoms with Crippen molar-refractivity contribution in [2.45, 2.75) is 26.8 Å². The molecule has 2 aromatic heterocycles. The zero-order valence-electron chi connectivity index (χ0n) is 12.3. The first-order chi connectivity index (χ1) is 9.43. The van der Waals surface area contributed by atoms with Crippen molar-refractivity contribution >= 4 is 11.6 Å². The van der Waals surface area contributed by atoms with Gasteiger partial charge in [-0.25, -0.2) is 0 Å². The van der Waals surface area contributed by atoms with Crippen molar-refractivity contribution in [3.63, 3.8) is 0 Å². The van der Waals surface area contributed by atoms with E-state index in [9.17, 15) is 4.79 Å². The number of nitrogens with one attached hydrogen (secondary N) is 1. The Bertz CT molecular complexity index is 640. The fourth-order valence-corrected chi connectivity index (χ4v) is 2.23. The van der Waals surface area contributed by atoms with Crippen LogP contribution in [0.1, 0.15) is 34.4 Å². The highest BCUT2D eigenvalue weighted by molar-refractivity contribution is 5.97. The molecule has 0 aliphatic carbocycles. The molecule has 2 rings (SSSR count). The molecule has 1 amide bonds. The third-order valence-corrected chi connectivity index (χ3v) is 3.25. The van der Waals surface area contributed by atoms with E-state index in [0.717, 1.165) is 17.7 Å². The molecule has 108 valence electrons. The van der Waals surface area contributed by atoms with Crippen molar-refractivity contribution in [3.05, 3.63) is 28.8 Å². The summed E-state index contributed by atoms with van der Waals surface area (Å²) >= 11 is 0. The number of rotatable bonds is 4. The number of carbonyl (C=O) groups excluding carboxylic acids is 1. The number of nitrogens with two attached hydrogens (primary N) is 1. The summed E-state index contributed by atoms with van der Waals surface area (Å²) in [5.41, 5.74) is 9.35. The van der Waals surface area contributed by atoms with Crippen LogP contribution in [0.2, 0.25) is 0 Å². The first-order valence-corrected chi connectivity index (χ1v) is 6.52. The van der Waals surface area contributed by atoms with E-state index in [4.69, 9.17) is 5.73 Å². The van der Waals surface area contributed by atoms with Crippen molar-refractivity contribution < 1.29 is 4.79 Å². The third kappa shape index (κ3) is 2.52. The number of anilines is 1. The largest absolute Gasteiger partial charge is 0.395 e. The lowest BCUT2D eigenvalue weighted by atomic mass is 10.2. The number of carbonyl (C=O) groups is 1. The van der Waals surface area contributed by atoms with Crippen molar-refractivity contribution in [1.82, 2.24) is 24.9 Å². The molecule has 0 aliphatic rings. The minimum absolute atomic E-state index is 0.225. The highest BCUT2D eigenvalue weighted by atomic mass is 16.2. The van der Waals surface area contributed by atoms with Crippen LogP contribution in [-0.2, 0) is 27.1 Å². The molecule has 3 N–H and O–H groups in total. The van der Waals surface area contributed by atoms with Crippen LogP contribution in [0.5, 0.6) is 0 Å². The van der Waals surface area contributed by atoms with Gasteiger partial charge < -0.3 is 11.1 Å². The van der Waals surface area contributed by atoms with E-state index in [1.54, 1.807) is 18.7 Å². The second-order valence-electron chi connectivity index (χ2n) is 4.78. The Morgan fingerprint density at radius 2 is 2.10 bits per heavy atom. The average molecular weight is 276 g/mol. The molecule has 7 nitrogen and oxygen atoms in total. The van der Waals surface area contributed by atoms with Crippen molar-refractivity contribution in [2.24, 2.45) is 14.1 Å². The van der Waals surface area contributed by atoms with Crippen LogP contribution >= 0.6 is 0 Å². The van der Waals surface area contributed by atoms with Gasteiger partial charge in [0.2, 0.25) is 0 Å². The fourth-order valence-electron chi connectivity index (χ4n) is 2.23. The smallest absolute Gasteiger partial charge is 0.271 e. The molecule has 0 spiro atoms. The summed E-state index contributed by atoms with van der Waals surface area (Å²) in [5.74, 6) is -0.225. The molecule has 0 atom stereocenters. The van der Waals surface area contributed by atoms with Crippen molar-refractivity contribution in [2.75, 3.05) is 5.73 Å². The van der Waals surface area contributed by atoms with Gasteiger partial charge in [-0.3, -0.25) is 14.2 Å². The molecule has 7 heteroatoms. The summed E-state index contributed by atoms with van der Waals surface area (Å²) in [6, 6.07) is 0. The number of aromatic nitrogens is 4. The highest BCUT2D eigenvalue weighted by Crippen LogP contribution is 2.15. The lowest BCUT2D eigenvalue weighted by Crippen LogP contribution is -2.26. The predicted molar refractivity (Wildman–Crippen MR) is 76.1 cm³/mol. The summed E-state index contributed by atoms with van der Waals surface area (Å²) in [6.07, 6.45) is 2.75. The third-order valence-electron chi connectivity index (χ3n) is 3.25. The van der Waals surface area contributed by atoms with Gasteiger partial charge in [0.25, 0.3) is 5.91 Å². The zero-order valence-corrected chi connectivity index (χ0v) is 12.3. The Morgan fingerprint density at radius 3 is 2.65 bits per heavy atom. The van der Waals surface area contributed by atoms with Gasteiger partial charge in [0, 0.05) is 32.4 Å². The highest BCUT2D eigenvalue weighted by Gasteiger charge is 2.18. The van der Waals surface area contributed by atoms with Crippen LogP contribution < -0.4 is 11.1 Å². The maximum Gasteiger partial charge on any atom is 0.271 e.